The topological polar surface area (TPSA) is 123 Å². The first-order chi connectivity index (χ1) is 17.3. The molecule has 8 heteroatoms. The van der Waals surface area contributed by atoms with Crippen LogP contribution in [0, 0.1) is 22.9 Å². The molecule has 2 atom stereocenters. The summed E-state index contributed by atoms with van der Waals surface area (Å²) in [6, 6.07) is 18.8. The molecular formula is C28H34N4O3S. The molecule has 2 unspecified atom stereocenters. The fourth-order valence-electron chi connectivity index (χ4n) is 4.35. The van der Waals surface area contributed by atoms with Gasteiger partial charge < -0.3 is 0 Å². The van der Waals surface area contributed by atoms with Crippen molar-refractivity contribution in [2.24, 2.45) is 0 Å². The zero-order valence-corrected chi connectivity index (χ0v) is 21.8. The van der Waals surface area contributed by atoms with Crippen LogP contribution in [0.4, 0.5) is 0 Å². The van der Waals surface area contributed by atoms with Crippen molar-refractivity contribution in [1.29, 1.82) is 10.5 Å². The van der Waals surface area contributed by atoms with Crippen molar-refractivity contribution in [3.8, 4) is 12.4 Å². The van der Waals surface area contributed by atoms with Gasteiger partial charge in [0.2, 0.25) is 11.8 Å². The zero-order chi connectivity index (χ0) is 26.4. The monoisotopic (exact) mass is 506 g/mol. The molecule has 7 nitrogen and oxygen atoms in total. The average Bonchev–Trinajstić information content (AvgIpc) is 2.90. The minimum Gasteiger partial charge on any atom is -0.273 e. The number of unbranched alkanes of at least 4 members (excludes halogenated alkanes) is 2. The summed E-state index contributed by atoms with van der Waals surface area (Å²) in [5.74, 6) is 0.407. The molecule has 0 heterocycles. The highest BCUT2D eigenvalue weighted by Crippen LogP contribution is 2.31. The fourth-order valence-corrected chi connectivity index (χ4v) is 5.61. The standard InChI is InChI=1S/C28H34N4O3S/c1-27(25(33)31-21-29,23-13-5-3-6-14-23)17-9-11-19-36(35)20-12-10-18-28(2,26(34)32-22-30)24-15-7-4-8-16-24/h3-8,13-16H,9-12,17-20H2,1-2H3,(H,31,33)(H,32,34). The number of benzene rings is 2. The Bertz CT molecular complexity index is 1020. The van der Waals surface area contributed by atoms with E-state index in [4.69, 9.17) is 10.5 Å². The summed E-state index contributed by atoms with van der Waals surface area (Å²) < 4.78 is 12.6. The van der Waals surface area contributed by atoms with E-state index in [1.165, 1.54) is 0 Å². The second kappa shape index (κ2) is 14.2. The van der Waals surface area contributed by atoms with Crippen LogP contribution in [0.5, 0.6) is 0 Å². The average molecular weight is 507 g/mol. The van der Waals surface area contributed by atoms with Crippen molar-refractivity contribution in [2.75, 3.05) is 11.5 Å². The van der Waals surface area contributed by atoms with Crippen LogP contribution in [-0.4, -0.2) is 27.5 Å². The smallest absolute Gasteiger partial charge is 0.243 e. The van der Waals surface area contributed by atoms with Crippen LogP contribution in [0.25, 0.3) is 0 Å². The van der Waals surface area contributed by atoms with Gasteiger partial charge in [-0.05, 0) is 50.7 Å². The van der Waals surface area contributed by atoms with Crippen LogP contribution in [0.15, 0.2) is 60.7 Å². The molecular weight excluding hydrogens is 472 g/mol. The van der Waals surface area contributed by atoms with Gasteiger partial charge in [0, 0.05) is 22.3 Å². The molecule has 0 aromatic heterocycles. The molecule has 0 aliphatic rings. The van der Waals surface area contributed by atoms with Crippen molar-refractivity contribution >= 4 is 22.6 Å². The lowest BCUT2D eigenvalue weighted by Gasteiger charge is -2.28. The third kappa shape index (κ3) is 7.76. The van der Waals surface area contributed by atoms with Crippen LogP contribution >= 0.6 is 0 Å². The van der Waals surface area contributed by atoms with Gasteiger partial charge in [-0.3, -0.25) is 24.4 Å². The summed E-state index contributed by atoms with van der Waals surface area (Å²) >= 11 is 0. The number of carbonyl (C=O) groups excluding carboxylic acids is 2. The van der Waals surface area contributed by atoms with E-state index in [2.05, 4.69) is 10.6 Å². The molecule has 190 valence electrons. The Morgan fingerprint density at radius 1 is 0.722 bits per heavy atom. The second-order valence-corrected chi connectivity index (χ2v) is 11.0. The first-order valence-electron chi connectivity index (χ1n) is 12.1. The number of hydrogen-bond donors (Lipinski definition) is 2. The minimum atomic E-state index is -1.000. The van der Waals surface area contributed by atoms with Gasteiger partial charge in [0.15, 0.2) is 12.4 Å². The lowest BCUT2D eigenvalue weighted by Crippen LogP contribution is -2.40. The van der Waals surface area contributed by atoms with Crippen LogP contribution in [0.1, 0.15) is 63.5 Å². The first-order valence-corrected chi connectivity index (χ1v) is 13.6. The largest absolute Gasteiger partial charge is 0.273 e. The number of nitrogens with one attached hydrogen (secondary N) is 2. The van der Waals surface area contributed by atoms with Gasteiger partial charge >= 0.3 is 0 Å². The van der Waals surface area contributed by atoms with E-state index in [1.807, 2.05) is 74.5 Å². The Kier molecular flexibility index (Phi) is 11.3. The normalized spacial score (nSPS) is 14.8. The highest BCUT2D eigenvalue weighted by Gasteiger charge is 2.35. The Hall–Kier alpha value is -3.49. The molecule has 2 amide bonds. The lowest BCUT2D eigenvalue weighted by molar-refractivity contribution is -0.126. The summed E-state index contributed by atoms with van der Waals surface area (Å²) in [5, 5.41) is 22.4. The van der Waals surface area contributed by atoms with Crippen LogP contribution in [-0.2, 0) is 31.2 Å². The van der Waals surface area contributed by atoms with Crippen LogP contribution in [0.2, 0.25) is 0 Å². The predicted octanol–water partition coefficient (Wildman–Crippen LogP) is 4.19. The fraction of sp³-hybridized carbons (Fsp3) is 0.429. The van der Waals surface area contributed by atoms with E-state index in [0.717, 1.165) is 11.1 Å². The van der Waals surface area contributed by atoms with E-state index in [0.29, 0.717) is 50.0 Å². The molecule has 36 heavy (non-hydrogen) atoms. The van der Waals surface area contributed by atoms with Crippen molar-refractivity contribution in [2.45, 2.75) is 63.2 Å². The molecule has 2 aromatic carbocycles. The molecule has 0 bridgehead atoms. The molecule has 0 fully saturated rings. The number of nitrogens with zero attached hydrogens (tertiary/aromatic N) is 2. The molecule has 0 saturated carbocycles. The molecule has 2 N–H and O–H groups in total. The number of nitriles is 2. The van der Waals surface area contributed by atoms with Gasteiger partial charge in [0.1, 0.15) is 0 Å². The maximum absolute atomic E-state index is 12.6. The SMILES string of the molecule is CC(CCCCS(=O)CCCCC(C)(C(=O)NC#N)c1ccccc1)(C(=O)NC#N)c1ccccc1. The quantitative estimate of drug-likeness (QED) is 0.226. The Morgan fingerprint density at radius 3 is 1.42 bits per heavy atom. The maximum atomic E-state index is 12.6. The highest BCUT2D eigenvalue weighted by atomic mass is 32.2. The van der Waals surface area contributed by atoms with Gasteiger partial charge in [-0.1, -0.05) is 73.5 Å². The first kappa shape index (κ1) is 28.7. The molecule has 0 radical (unpaired) electrons. The zero-order valence-electron chi connectivity index (χ0n) is 21.0. The third-order valence-electron chi connectivity index (χ3n) is 6.76. The molecule has 0 saturated heterocycles. The van der Waals surface area contributed by atoms with Gasteiger partial charge in [-0.2, -0.15) is 10.5 Å². The second-order valence-electron chi connectivity index (χ2n) is 9.29. The summed E-state index contributed by atoms with van der Waals surface area (Å²) in [6.07, 6.45) is 7.37. The van der Waals surface area contributed by atoms with E-state index in [9.17, 15) is 13.8 Å². The lowest BCUT2D eigenvalue weighted by atomic mass is 9.77. The number of hydrogen-bond acceptors (Lipinski definition) is 5. The summed E-state index contributed by atoms with van der Waals surface area (Å²) in [7, 11) is -1.000. The molecule has 0 aliphatic carbocycles. The number of carbonyl (C=O) groups is 2. The van der Waals surface area contributed by atoms with E-state index < -0.39 is 21.6 Å². The Labute approximate surface area is 216 Å². The van der Waals surface area contributed by atoms with E-state index in [1.54, 1.807) is 12.4 Å². The third-order valence-corrected chi connectivity index (χ3v) is 8.25. The molecule has 0 aliphatic heterocycles. The maximum Gasteiger partial charge on any atom is 0.243 e. The molecule has 2 rings (SSSR count). The summed E-state index contributed by atoms with van der Waals surface area (Å²) in [4.78, 5) is 25.2. The summed E-state index contributed by atoms with van der Waals surface area (Å²) in [5.41, 5.74) is 0.0379. The van der Waals surface area contributed by atoms with Gasteiger partial charge in [0.25, 0.3) is 0 Å². The number of rotatable bonds is 14. The van der Waals surface area contributed by atoms with E-state index >= 15 is 0 Å². The van der Waals surface area contributed by atoms with Crippen LogP contribution in [0.3, 0.4) is 0 Å². The van der Waals surface area contributed by atoms with Gasteiger partial charge in [0.05, 0.1) is 10.8 Å². The highest BCUT2D eigenvalue weighted by molar-refractivity contribution is 7.84. The predicted molar refractivity (Wildman–Crippen MR) is 141 cm³/mol. The Balaban J connectivity index is 1.83. The van der Waals surface area contributed by atoms with E-state index in [-0.39, 0.29) is 11.8 Å². The van der Waals surface area contributed by atoms with Crippen LogP contribution < -0.4 is 10.6 Å². The number of amides is 2. The Morgan fingerprint density at radius 2 is 1.08 bits per heavy atom. The molecule has 2 aromatic rings. The van der Waals surface area contributed by atoms with Gasteiger partial charge in [-0.15, -0.1) is 0 Å². The van der Waals surface area contributed by atoms with Gasteiger partial charge in [-0.25, -0.2) is 0 Å². The van der Waals surface area contributed by atoms with Crippen molar-refractivity contribution in [1.82, 2.24) is 10.6 Å². The minimum absolute atomic E-state index is 0.334. The van der Waals surface area contributed by atoms with Crippen molar-refractivity contribution in [3.63, 3.8) is 0 Å². The molecule has 0 spiro atoms. The summed E-state index contributed by atoms with van der Waals surface area (Å²) in [6.45, 7) is 3.66. The van der Waals surface area contributed by atoms with Crippen molar-refractivity contribution < 1.29 is 13.8 Å². The van der Waals surface area contributed by atoms with Crippen molar-refractivity contribution in [3.05, 3.63) is 71.8 Å².